The Bertz CT molecular complexity index is 582. The van der Waals surface area contributed by atoms with Crippen LogP contribution >= 0.6 is 0 Å². The molecule has 0 radical (unpaired) electrons. The number of hydrogen-bond acceptors (Lipinski definition) is 3. The number of hydrogen-bond donors (Lipinski definition) is 2. The lowest BCUT2D eigenvalue weighted by Crippen LogP contribution is -2.39. The van der Waals surface area contributed by atoms with Crippen molar-refractivity contribution < 1.29 is 12.8 Å². The molecule has 19 heavy (non-hydrogen) atoms. The fourth-order valence-electron chi connectivity index (χ4n) is 3.46. The standard InChI is InChI=1S/C13H17FN2O2S/c14-10-2-1-3-11(15)13(10)19(17,18)16-12-7-8-4-5-9(12)6-8/h1-3,8-9,12,16H,4-7,15H2. The van der Waals surface area contributed by atoms with Crippen molar-refractivity contribution in [1.82, 2.24) is 4.72 Å². The molecular weight excluding hydrogens is 267 g/mol. The van der Waals surface area contributed by atoms with Gasteiger partial charge in [-0.25, -0.2) is 17.5 Å². The second-order valence-corrected chi connectivity index (χ2v) is 7.21. The second kappa shape index (κ2) is 4.45. The fourth-order valence-corrected chi connectivity index (χ4v) is 4.96. The third-order valence-electron chi connectivity index (χ3n) is 4.31. The minimum Gasteiger partial charge on any atom is -0.398 e. The molecule has 2 aliphatic rings. The lowest BCUT2D eigenvalue weighted by Gasteiger charge is -2.23. The molecule has 3 unspecified atom stereocenters. The van der Waals surface area contributed by atoms with Gasteiger partial charge in [0.2, 0.25) is 10.0 Å². The van der Waals surface area contributed by atoms with Gasteiger partial charge in [-0.05, 0) is 43.2 Å². The molecule has 2 saturated carbocycles. The SMILES string of the molecule is Nc1cccc(F)c1S(=O)(=O)NC1CC2CCC1C2. The molecule has 3 N–H and O–H groups in total. The molecule has 0 aromatic heterocycles. The van der Waals surface area contributed by atoms with Crippen LogP contribution in [0.25, 0.3) is 0 Å². The zero-order valence-corrected chi connectivity index (χ0v) is 11.3. The summed E-state index contributed by atoms with van der Waals surface area (Å²) < 4.78 is 40.9. The maximum absolute atomic E-state index is 13.7. The van der Waals surface area contributed by atoms with Crippen LogP contribution < -0.4 is 10.5 Å². The zero-order chi connectivity index (χ0) is 13.6. The van der Waals surface area contributed by atoms with Crippen molar-refractivity contribution in [2.24, 2.45) is 11.8 Å². The third-order valence-corrected chi connectivity index (χ3v) is 5.89. The predicted molar refractivity (Wildman–Crippen MR) is 70.4 cm³/mol. The second-order valence-electron chi connectivity index (χ2n) is 5.56. The molecule has 1 aromatic rings. The summed E-state index contributed by atoms with van der Waals surface area (Å²) in [7, 11) is -3.88. The van der Waals surface area contributed by atoms with Crippen LogP contribution in [0.1, 0.15) is 25.7 Å². The highest BCUT2D eigenvalue weighted by molar-refractivity contribution is 7.89. The van der Waals surface area contributed by atoms with Gasteiger partial charge in [-0.3, -0.25) is 0 Å². The largest absolute Gasteiger partial charge is 0.398 e. The van der Waals surface area contributed by atoms with E-state index < -0.39 is 20.7 Å². The van der Waals surface area contributed by atoms with Crippen LogP contribution in [-0.2, 0) is 10.0 Å². The van der Waals surface area contributed by atoms with Gasteiger partial charge in [-0.15, -0.1) is 0 Å². The Kier molecular flexibility index (Phi) is 3.02. The molecule has 2 bridgehead atoms. The van der Waals surface area contributed by atoms with Gasteiger partial charge in [0, 0.05) is 6.04 Å². The van der Waals surface area contributed by atoms with Crippen molar-refractivity contribution in [2.75, 3.05) is 5.73 Å². The van der Waals surface area contributed by atoms with Crippen LogP contribution in [0.5, 0.6) is 0 Å². The number of nitrogen functional groups attached to an aromatic ring is 1. The summed E-state index contributed by atoms with van der Waals surface area (Å²) >= 11 is 0. The van der Waals surface area contributed by atoms with E-state index in [1.54, 1.807) is 0 Å². The predicted octanol–water partition coefficient (Wildman–Crippen LogP) is 1.87. The van der Waals surface area contributed by atoms with Crippen molar-refractivity contribution in [3.8, 4) is 0 Å². The van der Waals surface area contributed by atoms with E-state index in [1.165, 1.54) is 18.6 Å². The minimum atomic E-state index is -3.88. The summed E-state index contributed by atoms with van der Waals surface area (Å²) in [6.07, 6.45) is 4.19. The monoisotopic (exact) mass is 284 g/mol. The van der Waals surface area contributed by atoms with Gasteiger partial charge in [0.15, 0.2) is 0 Å². The van der Waals surface area contributed by atoms with Gasteiger partial charge >= 0.3 is 0 Å². The molecule has 0 aliphatic heterocycles. The highest BCUT2D eigenvalue weighted by Crippen LogP contribution is 2.45. The van der Waals surface area contributed by atoms with Crippen LogP contribution in [-0.4, -0.2) is 14.5 Å². The number of nitrogens with two attached hydrogens (primary N) is 1. The van der Waals surface area contributed by atoms with Crippen molar-refractivity contribution in [1.29, 1.82) is 0 Å². The number of halogens is 1. The summed E-state index contributed by atoms with van der Waals surface area (Å²) in [5.74, 6) is 0.221. The molecule has 0 spiro atoms. The lowest BCUT2D eigenvalue weighted by atomic mass is 9.96. The lowest BCUT2D eigenvalue weighted by molar-refractivity contribution is 0.389. The number of sulfonamides is 1. The Hall–Kier alpha value is -1.14. The molecule has 3 rings (SSSR count). The minimum absolute atomic E-state index is 0.0457. The summed E-state index contributed by atoms with van der Waals surface area (Å²) in [4.78, 5) is -0.419. The number of rotatable bonds is 3. The van der Waals surface area contributed by atoms with E-state index >= 15 is 0 Å². The fraction of sp³-hybridized carbons (Fsp3) is 0.538. The average molecular weight is 284 g/mol. The first kappa shape index (κ1) is 12.9. The Labute approximate surface area is 112 Å². The van der Waals surface area contributed by atoms with Crippen LogP contribution in [0.3, 0.4) is 0 Å². The van der Waals surface area contributed by atoms with Gasteiger partial charge in [0.05, 0.1) is 5.69 Å². The van der Waals surface area contributed by atoms with Crippen molar-refractivity contribution >= 4 is 15.7 Å². The zero-order valence-electron chi connectivity index (χ0n) is 10.5. The highest BCUT2D eigenvalue weighted by Gasteiger charge is 2.41. The summed E-state index contributed by atoms with van der Waals surface area (Å²) in [6.45, 7) is 0. The Morgan fingerprint density at radius 2 is 2.05 bits per heavy atom. The summed E-state index contributed by atoms with van der Waals surface area (Å²) in [5, 5.41) is 0. The van der Waals surface area contributed by atoms with E-state index in [9.17, 15) is 12.8 Å². The molecule has 1 aromatic carbocycles. The Balaban J connectivity index is 1.87. The van der Waals surface area contributed by atoms with Gasteiger partial charge in [-0.1, -0.05) is 12.5 Å². The van der Waals surface area contributed by atoms with Crippen molar-refractivity contribution in [3.63, 3.8) is 0 Å². The van der Waals surface area contributed by atoms with E-state index in [2.05, 4.69) is 4.72 Å². The normalized spacial score (nSPS) is 29.8. The average Bonchev–Trinajstić information content (AvgIpc) is 2.89. The Morgan fingerprint density at radius 1 is 1.26 bits per heavy atom. The first-order valence-electron chi connectivity index (χ1n) is 6.53. The molecule has 6 heteroatoms. The number of anilines is 1. The molecular formula is C13H17FN2O2S. The quantitative estimate of drug-likeness (QED) is 0.832. The van der Waals surface area contributed by atoms with Crippen LogP contribution in [0.4, 0.5) is 10.1 Å². The van der Waals surface area contributed by atoms with Gasteiger partial charge in [0.25, 0.3) is 0 Å². The molecule has 2 fully saturated rings. The number of benzene rings is 1. The van der Waals surface area contributed by atoms with Crippen LogP contribution in [0.15, 0.2) is 23.1 Å². The topological polar surface area (TPSA) is 72.2 Å². The first-order chi connectivity index (χ1) is 8.97. The molecule has 0 heterocycles. The third kappa shape index (κ3) is 2.23. The number of nitrogens with one attached hydrogen (secondary N) is 1. The van der Waals surface area contributed by atoms with Crippen molar-refractivity contribution in [2.45, 2.75) is 36.6 Å². The van der Waals surface area contributed by atoms with E-state index in [0.717, 1.165) is 25.3 Å². The van der Waals surface area contributed by atoms with E-state index in [-0.39, 0.29) is 11.7 Å². The molecule has 4 nitrogen and oxygen atoms in total. The molecule has 104 valence electrons. The van der Waals surface area contributed by atoms with Crippen LogP contribution in [0, 0.1) is 17.7 Å². The van der Waals surface area contributed by atoms with Gasteiger partial charge < -0.3 is 5.73 Å². The molecule has 2 aliphatic carbocycles. The van der Waals surface area contributed by atoms with Crippen molar-refractivity contribution in [3.05, 3.63) is 24.0 Å². The van der Waals surface area contributed by atoms with Crippen LogP contribution in [0.2, 0.25) is 0 Å². The van der Waals surface area contributed by atoms with Gasteiger partial charge in [0.1, 0.15) is 10.7 Å². The maximum Gasteiger partial charge on any atom is 0.245 e. The first-order valence-corrected chi connectivity index (χ1v) is 8.02. The Morgan fingerprint density at radius 3 is 2.63 bits per heavy atom. The van der Waals surface area contributed by atoms with Gasteiger partial charge in [-0.2, -0.15) is 0 Å². The maximum atomic E-state index is 13.7. The molecule has 3 atom stereocenters. The van der Waals surface area contributed by atoms with E-state index in [0.29, 0.717) is 11.8 Å². The summed E-state index contributed by atoms with van der Waals surface area (Å²) in [5.41, 5.74) is 5.55. The smallest absolute Gasteiger partial charge is 0.245 e. The summed E-state index contributed by atoms with van der Waals surface area (Å²) in [6, 6.07) is 3.86. The highest BCUT2D eigenvalue weighted by atomic mass is 32.2. The van der Waals surface area contributed by atoms with E-state index in [1.807, 2.05) is 0 Å². The number of fused-ring (bicyclic) bond motifs is 2. The molecule has 0 saturated heterocycles. The molecule has 0 amide bonds. The van der Waals surface area contributed by atoms with E-state index in [4.69, 9.17) is 5.73 Å².